The maximum absolute atomic E-state index is 12.2. The number of hydrogen-bond donors (Lipinski definition) is 1. The fourth-order valence-corrected chi connectivity index (χ4v) is 6.18. The van der Waals surface area contributed by atoms with Gasteiger partial charge in [-0.25, -0.2) is 0 Å². The van der Waals surface area contributed by atoms with Crippen LogP contribution in [0.3, 0.4) is 0 Å². The van der Waals surface area contributed by atoms with Gasteiger partial charge < -0.3 is 9.52 Å². The standard InChI is InChI=1S/C25H18NO.C15H28O2.Ir/c1-14-10-11-19-15(12-14)13-18-24(26-19)16-6-4-8-20-22(16)23-17(25(18,2)3)7-5-9-21(23)27-20;1-7-14(5,8-2)12(16)11-13(17)15(6,9-3)10-4;/h4-5,7-13H,1-3H3;11,16H,7-10H2,1-6H3;/q-1;;/b;12-11-;/i1D3;;. The minimum absolute atomic E-state index is 0. The van der Waals surface area contributed by atoms with Gasteiger partial charge in [-0.05, 0) is 72.8 Å². The van der Waals surface area contributed by atoms with Crippen LogP contribution in [0.1, 0.15) is 102 Å². The van der Waals surface area contributed by atoms with Crippen molar-refractivity contribution in [3.05, 3.63) is 89.2 Å². The number of aliphatic hydroxyl groups excluding tert-OH is 1. The summed E-state index contributed by atoms with van der Waals surface area (Å²) in [5, 5.41) is 13.1. The summed E-state index contributed by atoms with van der Waals surface area (Å²) in [7, 11) is 0. The van der Waals surface area contributed by atoms with Crippen LogP contribution in [0.25, 0.3) is 44.1 Å². The number of pyridine rings is 1. The summed E-state index contributed by atoms with van der Waals surface area (Å²) in [6.45, 7) is 14.3. The molecule has 0 spiro atoms. The number of aromatic nitrogens is 1. The number of rotatable bonds is 7. The fraction of sp³-hybridized carbons (Fsp3) is 0.400. The molecule has 2 heterocycles. The summed E-state index contributed by atoms with van der Waals surface area (Å²) in [6, 6.07) is 20.7. The normalized spacial score (nSPS) is 15.4. The van der Waals surface area contributed by atoms with Crippen molar-refractivity contribution in [1.29, 1.82) is 0 Å². The van der Waals surface area contributed by atoms with Crippen molar-refractivity contribution in [3.63, 3.8) is 0 Å². The van der Waals surface area contributed by atoms with Gasteiger partial charge in [-0.15, -0.1) is 17.7 Å². The van der Waals surface area contributed by atoms with Crippen molar-refractivity contribution in [3.8, 4) is 11.3 Å². The van der Waals surface area contributed by atoms with Crippen molar-refractivity contribution in [1.82, 2.24) is 4.98 Å². The Balaban J connectivity index is 0.000000251. The third-order valence-electron chi connectivity index (χ3n) is 10.5. The first kappa shape index (κ1) is 30.4. The molecule has 1 aliphatic carbocycles. The molecule has 3 aromatic carbocycles. The number of benzene rings is 3. The van der Waals surface area contributed by atoms with Crippen molar-refractivity contribution in [2.24, 2.45) is 10.8 Å². The zero-order chi connectivity index (χ0) is 34.5. The SMILES string of the molecule is CCC(C)(CC)C(=O)/C=C(\O)C(C)(CC)CC.[2H]C([2H])([2H])c1ccc2nc3c(cc2c1)C(C)(C)c1cccc2oc4cc[c-]c-3c4c12.[Ir]. The smallest absolute Gasteiger partial charge is 0.164 e. The van der Waals surface area contributed by atoms with Gasteiger partial charge in [-0.1, -0.05) is 102 Å². The van der Waals surface area contributed by atoms with Gasteiger partial charge in [0.05, 0.1) is 11.1 Å². The predicted molar refractivity (Wildman–Crippen MR) is 183 cm³/mol. The molecule has 0 atom stereocenters. The van der Waals surface area contributed by atoms with Crippen LogP contribution >= 0.6 is 0 Å². The van der Waals surface area contributed by atoms with E-state index >= 15 is 0 Å². The molecular weight excluding hydrogens is 735 g/mol. The van der Waals surface area contributed by atoms with Gasteiger partial charge in [0.15, 0.2) is 5.78 Å². The Hall–Kier alpha value is -3.27. The third kappa shape index (κ3) is 5.90. The topological polar surface area (TPSA) is 63.3 Å². The predicted octanol–water partition coefficient (Wildman–Crippen LogP) is 11.2. The Kier molecular flexibility index (Phi) is 8.68. The second-order valence-corrected chi connectivity index (χ2v) is 13.2. The summed E-state index contributed by atoms with van der Waals surface area (Å²) >= 11 is 0. The molecule has 0 unspecified atom stereocenters. The van der Waals surface area contributed by atoms with Crippen LogP contribution in [0.2, 0.25) is 0 Å². The van der Waals surface area contributed by atoms with Crippen molar-refractivity contribution in [2.75, 3.05) is 0 Å². The number of allylic oxidation sites excluding steroid dienone is 2. The Morgan fingerprint density at radius 2 is 1.62 bits per heavy atom. The van der Waals surface area contributed by atoms with E-state index in [2.05, 4.69) is 32.0 Å². The number of aryl methyl sites for hydroxylation is 1. The molecule has 45 heavy (non-hydrogen) atoms. The maximum atomic E-state index is 12.2. The number of furan rings is 1. The number of carbonyl (C=O) groups excluding carboxylic acids is 1. The van der Waals surface area contributed by atoms with E-state index in [1.54, 1.807) is 18.2 Å². The van der Waals surface area contributed by atoms with Crippen molar-refractivity contribution in [2.45, 2.75) is 93.3 Å². The number of carbonyl (C=O) groups is 1. The third-order valence-corrected chi connectivity index (χ3v) is 10.5. The molecule has 5 heteroatoms. The minimum Gasteiger partial charge on any atom is -0.512 e. The minimum atomic E-state index is -2.15. The average molecular weight is 784 g/mol. The molecular formula is C40H46IrNO3-. The van der Waals surface area contributed by atoms with E-state index in [0.717, 1.165) is 75.3 Å². The van der Waals surface area contributed by atoms with Gasteiger partial charge >= 0.3 is 0 Å². The molecule has 0 amide bonds. The number of fused-ring (bicyclic) bond motifs is 3. The summed E-state index contributed by atoms with van der Waals surface area (Å²) in [6.07, 6.45) is 4.75. The first-order valence-electron chi connectivity index (χ1n) is 17.3. The average Bonchev–Trinajstić information content (AvgIpc) is 3.42. The number of hydrogen-bond acceptors (Lipinski definition) is 4. The molecule has 0 fully saturated rings. The summed E-state index contributed by atoms with van der Waals surface area (Å²) < 4.78 is 29.4. The van der Waals surface area contributed by atoms with Crippen LogP contribution < -0.4 is 0 Å². The van der Waals surface area contributed by atoms with Crippen molar-refractivity contribution < 1.29 is 38.5 Å². The first-order chi connectivity index (χ1) is 22.0. The van der Waals surface area contributed by atoms with Crippen LogP contribution in [0, 0.1) is 23.7 Å². The molecule has 0 saturated carbocycles. The molecule has 5 aromatic rings. The fourth-order valence-electron chi connectivity index (χ4n) is 6.18. The van der Waals surface area contributed by atoms with Gasteiger partial charge in [0, 0.05) is 46.5 Å². The van der Waals surface area contributed by atoms with Gasteiger partial charge in [-0.3, -0.25) is 9.78 Å². The molecule has 239 valence electrons. The quantitative estimate of drug-likeness (QED) is 0.101. The van der Waals surface area contributed by atoms with Crippen LogP contribution in [-0.4, -0.2) is 15.9 Å². The van der Waals surface area contributed by atoms with E-state index in [4.69, 9.17) is 13.5 Å². The van der Waals surface area contributed by atoms with E-state index in [0.29, 0.717) is 5.56 Å². The molecule has 1 N–H and O–H groups in total. The molecule has 6 rings (SSSR count). The Morgan fingerprint density at radius 3 is 2.27 bits per heavy atom. The summed E-state index contributed by atoms with van der Waals surface area (Å²) in [5.74, 6) is 0.286. The molecule has 0 aliphatic heterocycles. The van der Waals surface area contributed by atoms with E-state index in [1.165, 1.54) is 11.6 Å². The molecule has 0 saturated heterocycles. The molecule has 1 aliphatic rings. The zero-order valence-electron chi connectivity index (χ0n) is 30.6. The monoisotopic (exact) mass is 784 g/mol. The van der Waals surface area contributed by atoms with Gasteiger partial charge in [0.1, 0.15) is 11.3 Å². The Labute approximate surface area is 285 Å². The Bertz CT molecular complexity index is 2010. The Morgan fingerprint density at radius 1 is 0.956 bits per heavy atom. The molecule has 0 bridgehead atoms. The van der Waals surface area contributed by atoms with Crippen LogP contribution in [0.5, 0.6) is 0 Å². The maximum Gasteiger partial charge on any atom is 0.164 e. The number of ketones is 1. The summed E-state index contributed by atoms with van der Waals surface area (Å²) in [5.41, 5.74) is 5.87. The van der Waals surface area contributed by atoms with E-state index in [1.807, 2.05) is 65.8 Å². The molecule has 4 nitrogen and oxygen atoms in total. The second kappa shape index (κ2) is 12.9. The largest absolute Gasteiger partial charge is 0.512 e. The van der Waals surface area contributed by atoms with E-state index < -0.39 is 6.85 Å². The van der Waals surface area contributed by atoms with Crippen LogP contribution in [-0.2, 0) is 30.3 Å². The van der Waals surface area contributed by atoms with Gasteiger partial charge in [0.25, 0.3) is 0 Å². The van der Waals surface area contributed by atoms with Gasteiger partial charge in [-0.2, -0.15) is 0 Å². The van der Waals surface area contributed by atoms with Crippen LogP contribution in [0.4, 0.5) is 0 Å². The summed E-state index contributed by atoms with van der Waals surface area (Å²) in [4.78, 5) is 17.2. The number of aliphatic hydroxyl groups is 1. The van der Waals surface area contributed by atoms with Crippen LogP contribution in [0.15, 0.2) is 70.8 Å². The van der Waals surface area contributed by atoms with E-state index in [9.17, 15) is 9.90 Å². The van der Waals surface area contributed by atoms with Gasteiger partial charge in [0.2, 0.25) is 0 Å². The second-order valence-electron chi connectivity index (χ2n) is 13.2. The zero-order valence-corrected chi connectivity index (χ0v) is 30.0. The first-order valence-corrected chi connectivity index (χ1v) is 15.8. The molecule has 1 radical (unpaired) electrons. The molecule has 2 aromatic heterocycles. The van der Waals surface area contributed by atoms with E-state index in [-0.39, 0.29) is 47.9 Å². The van der Waals surface area contributed by atoms with Crippen molar-refractivity contribution >= 4 is 38.6 Å². The number of nitrogens with zero attached hydrogens (tertiary/aromatic N) is 1.